The Morgan fingerprint density at radius 1 is 1.24 bits per heavy atom. The molecule has 0 spiro atoms. The maximum atomic E-state index is 11.7. The van der Waals surface area contributed by atoms with Crippen LogP contribution in [-0.2, 0) is 11.8 Å². The number of fused-ring (bicyclic) bond motifs is 2. The number of hydrogen-bond acceptors (Lipinski definition) is 4. The number of hydrogen-bond donors (Lipinski definition) is 2. The molecule has 0 radical (unpaired) electrons. The molecule has 1 aliphatic heterocycles. The number of aromatic nitrogens is 4. The molecule has 1 aliphatic rings. The average molecular weight is 445 g/mol. The lowest BCUT2D eigenvalue weighted by atomic mass is 9.87. The number of aryl methyl sites for hydroxylation is 1. The highest BCUT2D eigenvalue weighted by molar-refractivity contribution is 5.93. The van der Waals surface area contributed by atoms with E-state index < -0.39 is 0 Å². The number of H-pyrrole nitrogens is 1. The van der Waals surface area contributed by atoms with Crippen LogP contribution in [0.2, 0.25) is 0 Å². The number of aromatic amines is 1. The number of piperidine rings is 1. The first-order valence-corrected chi connectivity index (χ1v) is 11.8. The van der Waals surface area contributed by atoms with Crippen LogP contribution in [-0.4, -0.2) is 57.2 Å². The fourth-order valence-electron chi connectivity index (χ4n) is 5.19. The van der Waals surface area contributed by atoms with Gasteiger partial charge in [0.25, 0.3) is 0 Å². The predicted molar refractivity (Wildman–Crippen MR) is 132 cm³/mol. The number of nitrogens with one attached hydrogen (secondary N) is 2. The summed E-state index contributed by atoms with van der Waals surface area (Å²) in [5.41, 5.74) is 6.92. The number of amides is 1. The number of carbonyl (C=O) groups is 1. The number of rotatable bonds is 5. The van der Waals surface area contributed by atoms with E-state index in [-0.39, 0.29) is 5.91 Å². The molecule has 33 heavy (non-hydrogen) atoms. The average Bonchev–Trinajstić information content (AvgIpc) is 3.37. The van der Waals surface area contributed by atoms with Gasteiger partial charge in [-0.1, -0.05) is 19.9 Å². The summed E-state index contributed by atoms with van der Waals surface area (Å²) in [6, 6.07) is 9.07. The second-order valence-electron chi connectivity index (χ2n) is 9.54. The second-order valence-corrected chi connectivity index (χ2v) is 9.54. The van der Waals surface area contributed by atoms with E-state index in [1.54, 1.807) is 7.05 Å². The molecule has 5 rings (SSSR count). The lowest BCUT2D eigenvalue weighted by molar-refractivity contribution is -0.122. The van der Waals surface area contributed by atoms with E-state index in [1.807, 2.05) is 24.1 Å². The van der Waals surface area contributed by atoms with Crippen LogP contribution in [0, 0.1) is 0 Å². The molecular formula is C26H32N6O. The van der Waals surface area contributed by atoms with E-state index in [1.165, 1.54) is 22.0 Å². The molecule has 4 aromatic rings. The molecule has 1 fully saturated rings. The first-order valence-electron chi connectivity index (χ1n) is 11.8. The maximum Gasteiger partial charge on any atom is 0.233 e. The minimum atomic E-state index is 0.0928. The van der Waals surface area contributed by atoms with Crippen LogP contribution in [0.3, 0.4) is 0 Å². The fourth-order valence-corrected chi connectivity index (χ4v) is 5.19. The summed E-state index contributed by atoms with van der Waals surface area (Å²) in [4.78, 5) is 22.2. The zero-order valence-corrected chi connectivity index (χ0v) is 19.9. The van der Waals surface area contributed by atoms with E-state index in [0.717, 1.165) is 48.2 Å². The Morgan fingerprint density at radius 3 is 2.76 bits per heavy atom. The summed E-state index contributed by atoms with van der Waals surface area (Å²) < 4.78 is 1.81. The van der Waals surface area contributed by atoms with Crippen molar-refractivity contribution in [2.75, 3.05) is 26.7 Å². The number of pyridine rings is 1. The highest BCUT2D eigenvalue weighted by Crippen LogP contribution is 2.38. The van der Waals surface area contributed by atoms with Crippen molar-refractivity contribution in [3.8, 4) is 11.3 Å². The summed E-state index contributed by atoms with van der Waals surface area (Å²) >= 11 is 0. The third-order valence-electron chi connectivity index (χ3n) is 6.91. The molecule has 2 N–H and O–H groups in total. The Bertz CT molecular complexity index is 1310. The number of likely N-dealkylation sites (tertiary alicyclic amines) is 1. The lowest BCUT2D eigenvalue weighted by Crippen LogP contribution is -2.40. The van der Waals surface area contributed by atoms with Gasteiger partial charge in [-0.15, -0.1) is 0 Å². The van der Waals surface area contributed by atoms with Gasteiger partial charge in [0.15, 0.2) is 5.65 Å². The van der Waals surface area contributed by atoms with E-state index in [2.05, 4.69) is 63.4 Å². The molecule has 7 heteroatoms. The first kappa shape index (κ1) is 21.6. The van der Waals surface area contributed by atoms with Crippen LogP contribution in [0.4, 0.5) is 0 Å². The van der Waals surface area contributed by atoms with Crippen LogP contribution in [0.1, 0.15) is 49.7 Å². The molecule has 1 saturated heterocycles. The normalized spacial score (nSPS) is 15.7. The Balaban J connectivity index is 1.47. The van der Waals surface area contributed by atoms with E-state index in [4.69, 9.17) is 0 Å². The topological polar surface area (TPSA) is 78.8 Å². The molecule has 0 atom stereocenters. The lowest BCUT2D eigenvalue weighted by Gasteiger charge is -2.31. The van der Waals surface area contributed by atoms with Crippen LogP contribution >= 0.6 is 0 Å². The zero-order valence-electron chi connectivity index (χ0n) is 19.9. The molecular weight excluding hydrogens is 412 g/mol. The van der Waals surface area contributed by atoms with E-state index >= 15 is 0 Å². The molecule has 172 valence electrons. The number of benzene rings is 1. The van der Waals surface area contributed by atoms with Gasteiger partial charge >= 0.3 is 0 Å². The summed E-state index contributed by atoms with van der Waals surface area (Å²) in [7, 11) is 3.63. The Kier molecular flexibility index (Phi) is 5.66. The van der Waals surface area contributed by atoms with Gasteiger partial charge in [0, 0.05) is 48.3 Å². The molecule has 7 nitrogen and oxygen atoms in total. The van der Waals surface area contributed by atoms with Crippen molar-refractivity contribution in [3.63, 3.8) is 0 Å². The molecule has 0 bridgehead atoms. The number of likely N-dealkylation sites (N-methyl/N-ethyl adjacent to an activating group) is 1. The Labute approximate surface area is 194 Å². The molecule has 3 aromatic heterocycles. The van der Waals surface area contributed by atoms with Gasteiger partial charge in [-0.25, -0.2) is 4.98 Å². The van der Waals surface area contributed by atoms with Gasteiger partial charge in [0.2, 0.25) is 5.91 Å². The van der Waals surface area contributed by atoms with E-state index in [0.29, 0.717) is 18.4 Å². The van der Waals surface area contributed by atoms with E-state index in [9.17, 15) is 4.79 Å². The monoisotopic (exact) mass is 444 g/mol. The van der Waals surface area contributed by atoms with Crippen molar-refractivity contribution in [2.45, 2.75) is 38.5 Å². The van der Waals surface area contributed by atoms with Crippen LogP contribution in [0.15, 0.2) is 36.7 Å². The van der Waals surface area contributed by atoms with Gasteiger partial charge in [-0.2, -0.15) is 5.10 Å². The molecule has 0 saturated carbocycles. The molecule has 0 unspecified atom stereocenters. The molecule has 4 heterocycles. The second kappa shape index (κ2) is 8.63. The summed E-state index contributed by atoms with van der Waals surface area (Å²) in [6.45, 7) is 6.93. The van der Waals surface area contributed by atoms with Gasteiger partial charge in [0.05, 0.1) is 12.2 Å². The standard InChI is InChI=1S/C26H32N6O/c1-16(2)24-21-12-18(17-7-9-32(10-8-17)15-23(33)27-3)5-6-22(21)29-25(24)19-11-20-14-31(4)30-26(20)28-13-19/h5-6,11-14,16-17,29H,7-10,15H2,1-4H3,(H,27,33). The highest BCUT2D eigenvalue weighted by atomic mass is 16.1. The minimum Gasteiger partial charge on any atom is -0.358 e. The summed E-state index contributed by atoms with van der Waals surface area (Å²) in [6.07, 6.45) is 6.10. The minimum absolute atomic E-state index is 0.0928. The third-order valence-corrected chi connectivity index (χ3v) is 6.91. The van der Waals surface area contributed by atoms with Crippen molar-refractivity contribution >= 4 is 27.8 Å². The first-order chi connectivity index (χ1) is 15.9. The van der Waals surface area contributed by atoms with Gasteiger partial charge in [-0.05, 0) is 67.1 Å². The van der Waals surface area contributed by atoms with Crippen molar-refractivity contribution in [2.24, 2.45) is 7.05 Å². The van der Waals surface area contributed by atoms with Crippen molar-refractivity contribution in [1.82, 2.24) is 30.0 Å². The fraction of sp³-hybridized carbons (Fsp3) is 0.423. The predicted octanol–water partition coefficient (Wildman–Crippen LogP) is 4.17. The van der Waals surface area contributed by atoms with Crippen LogP contribution in [0.25, 0.3) is 33.2 Å². The third kappa shape index (κ3) is 4.13. The largest absolute Gasteiger partial charge is 0.358 e. The van der Waals surface area contributed by atoms with Gasteiger partial charge in [-0.3, -0.25) is 14.4 Å². The highest BCUT2D eigenvalue weighted by Gasteiger charge is 2.23. The summed E-state index contributed by atoms with van der Waals surface area (Å²) in [5.74, 6) is 1.00. The Morgan fingerprint density at radius 2 is 2.03 bits per heavy atom. The smallest absolute Gasteiger partial charge is 0.233 e. The number of carbonyl (C=O) groups excluding carboxylic acids is 1. The molecule has 1 aromatic carbocycles. The SMILES string of the molecule is CNC(=O)CN1CCC(c2ccc3[nH]c(-c4cnc5nn(C)cc5c4)c(C(C)C)c3c2)CC1. The zero-order chi connectivity index (χ0) is 23.1. The maximum absolute atomic E-state index is 11.7. The molecule has 0 aliphatic carbocycles. The van der Waals surface area contributed by atoms with Gasteiger partial charge < -0.3 is 10.3 Å². The number of nitrogens with zero attached hydrogens (tertiary/aromatic N) is 4. The van der Waals surface area contributed by atoms with Crippen LogP contribution < -0.4 is 5.32 Å². The van der Waals surface area contributed by atoms with Crippen molar-refractivity contribution < 1.29 is 4.79 Å². The Hall–Kier alpha value is -3.19. The van der Waals surface area contributed by atoms with Crippen molar-refractivity contribution in [1.29, 1.82) is 0 Å². The van der Waals surface area contributed by atoms with Gasteiger partial charge in [0.1, 0.15) is 0 Å². The summed E-state index contributed by atoms with van der Waals surface area (Å²) in [5, 5.41) is 9.48. The quantitative estimate of drug-likeness (QED) is 0.484. The van der Waals surface area contributed by atoms with Crippen LogP contribution in [0.5, 0.6) is 0 Å². The van der Waals surface area contributed by atoms with Crippen molar-refractivity contribution in [3.05, 3.63) is 47.8 Å². The molecule has 1 amide bonds.